The molecule has 2 aromatic rings. The van der Waals surface area contributed by atoms with Crippen LogP contribution in [0.15, 0.2) is 54.6 Å². The van der Waals surface area contributed by atoms with E-state index in [0.29, 0.717) is 17.1 Å². The molecular formula is C17H18ClNO3. The highest BCUT2D eigenvalue weighted by Gasteiger charge is 2.23. The van der Waals surface area contributed by atoms with Crippen molar-refractivity contribution in [3.05, 3.63) is 70.7 Å². The molecule has 2 atom stereocenters. The standard InChI is InChI=1S/C17H18ClNO3/c1-12(20)16(14-9-5-6-10-15(14)18)22-17(21)19-11-13-7-3-2-4-8-13/h2-10,12,16,20H,11H2,1H3,(H,19,21)/t12-,16+/m0/s1. The first-order chi connectivity index (χ1) is 10.6. The van der Waals surface area contributed by atoms with Crippen molar-refractivity contribution >= 4 is 17.7 Å². The number of aliphatic hydroxyl groups excluding tert-OH is 1. The van der Waals surface area contributed by atoms with Gasteiger partial charge < -0.3 is 15.2 Å². The molecule has 116 valence electrons. The maximum absolute atomic E-state index is 11.9. The molecular weight excluding hydrogens is 302 g/mol. The first-order valence-electron chi connectivity index (χ1n) is 6.99. The van der Waals surface area contributed by atoms with Crippen LogP contribution in [0.4, 0.5) is 4.79 Å². The molecule has 0 saturated carbocycles. The average molecular weight is 320 g/mol. The van der Waals surface area contributed by atoms with E-state index in [9.17, 15) is 9.90 Å². The molecule has 0 fully saturated rings. The summed E-state index contributed by atoms with van der Waals surface area (Å²) in [5, 5.41) is 13.0. The lowest BCUT2D eigenvalue weighted by Gasteiger charge is -2.22. The van der Waals surface area contributed by atoms with Crippen molar-refractivity contribution < 1.29 is 14.6 Å². The number of nitrogens with one attached hydrogen (secondary N) is 1. The van der Waals surface area contributed by atoms with Gasteiger partial charge in [-0.25, -0.2) is 4.79 Å². The number of alkyl carbamates (subject to hydrolysis) is 1. The van der Waals surface area contributed by atoms with Crippen molar-refractivity contribution in [1.29, 1.82) is 0 Å². The smallest absolute Gasteiger partial charge is 0.408 e. The second kappa shape index (κ2) is 7.82. The van der Waals surface area contributed by atoms with Crippen LogP contribution in [0.2, 0.25) is 5.02 Å². The molecule has 0 aliphatic rings. The van der Waals surface area contributed by atoms with Crippen LogP contribution in [0.1, 0.15) is 24.2 Å². The van der Waals surface area contributed by atoms with Crippen LogP contribution in [0.3, 0.4) is 0 Å². The van der Waals surface area contributed by atoms with Gasteiger partial charge in [0, 0.05) is 17.1 Å². The molecule has 2 aromatic carbocycles. The molecule has 4 nitrogen and oxygen atoms in total. The van der Waals surface area contributed by atoms with Crippen molar-refractivity contribution in [2.75, 3.05) is 0 Å². The van der Waals surface area contributed by atoms with Crippen molar-refractivity contribution in [3.8, 4) is 0 Å². The Kier molecular flexibility index (Phi) is 5.81. The number of aliphatic hydroxyl groups is 1. The Hall–Kier alpha value is -2.04. The SMILES string of the molecule is C[C@H](O)[C@@H](OC(=O)NCc1ccccc1)c1ccccc1Cl. The molecule has 0 saturated heterocycles. The summed E-state index contributed by atoms with van der Waals surface area (Å²) in [6.45, 7) is 1.91. The van der Waals surface area contributed by atoms with Crippen molar-refractivity contribution in [1.82, 2.24) is 5.32 Å². The number of carbonyl (C=O) groups is 1. The minimum absolute atomic E-state index is 0.356. The van der Waals surface area contributed by atoms with Gasteiger partial charge in [0.2, 0.25) is 0 Å². The summed E-state index contributed by atoms with van der Waals surface area (Å²) < 4.78 is 5.32. The summed E-state index contributed by atoms with van der Waals surface area (Å²) in [6.07, 6.45) is -2.29. The lowest BCUT2D eigenvalue weighted by atomic mass is 10.1. The van der Waals surface area contributed by atoms with E-state index in [1.165, 1.54) is 0 Å². The molecule has 0 unspecified atom stereocenters. The summed E-state index contributed by atoms with van der Waals surface area (Å²) in [5.41, 5.74) is 1.54. The molecule has 0 heterocycles. The molecule has 0 aromatic heterocycles. The van der Waals surface area contributed by atoms with Gasteiger partial charge in [0.05, 0.1) is 6.10 Å². The number of hydrogen-bond acceptors (Lipinski definition) is 3. The van der Waals surface area contributed by atoms with Crippen LogP contribution in [-0.2, 0) is 11.3 Å². The third kappa shape index (κ3) is 4.48. The Morgan fingerprint density at radius 1 is 1.18 bits per heavy atom. The van der Waals surface area contributed by atoms with E-state index in [1.54, 1.807) is 31.2 Å². The highest BCUT2D eigenvalue weighted by Crippen LogP contribution is 2.28. The maximum Gasteiger partial charge on any atom is 0.408 e. The van der Waals surface area contributed by atoms with E-state index in [2.05, 4.69) is 5.32 Å². The molecule has 0 aliphatic heterocycles. The van der Waals surface area contributed by atoms with Crippen LogP contribution in [0.25, 0.3) is 0 Å². The summed E-state index contributed by atoms with van der Waals surface area (Å²) >= 11 is 6.10. The molecule has 22 heavy (non-hydrogen) atoms. The molecule has 2 rings (SSSR count). The largest absolute Gasteiger partial charge is 0.439 e. The zero-order chi connectivity index (χ0) is 15.9. The molecule has 0 radical (unpaired) electrons. The molecule has 2 N–H and O–H groups in total. The van der Waals surface area contributed by atoms with E-state index < -0.39 is 18.3 Å². The van der Waals surface area contributed by atoms with Gasteiger partial charge in [-0.1, -0.05) is 60.1 Å². The number of hydrogen-bond donors (Lipinski definition) is 2. The lowest BCUT2D eigenvalue weighted by Crippen LogP contribution is -2.29. The second-order valence-corrected chi connectivity index (χ2v) is 5.33. The third-order valence-electron chi connectivity index (χ3n) is 3.16. The van der Waals surface area contributed by atoms with E-state index in [-0.39, 0.29) is 0 Å². The zero-order valence-electron chi connectivity index (χ0n) is 12.2. The predicted octanol–water partition coefficient (Wildman–Crippen LogP) is 3.69. The highest BCUT2D eigenvalue weighted by atomic mass is 35.5. The van der Waals surface area contributed by atoms with Gasteiger partial charge in [0.1, 0.15) is 0 Å². The Labute approximate surface area is 134 Å². The topological polar surface area (TPSA) is 58.6 Å². The summed E-state index contributed by atoms with van der Waals surface area (Å²) in [5.74, 6) is 0. The first kappa shape index (κ1) is 16.3. The maximum atomic E-state index is 11.9. The minimum atomic E-state index is -0.873. The number of rotatable bonds is 5. The van der Waals surface area contributed by atoms with Gasteiger partial charge in [0.25, 0.3) is 0 Å². The van der Waals surface area contributed by atoms with Gasteiger partial charge in [-0.15, -0.1) is 0 Å². The number of ether oxygens (including phenoxy) is 1. The number of carbonyl (C=O) groups excluding carboxylic acids is 1. The molecule has 0 aliphatic carbocycles. The van der Waals surface area contributed by atoms with Crippen molar-refractivity contribution in [3.63, 3.8) is 0 Å². The fourth-order valence-corrected chi connectivity index (χ4v) is 2.30. The summed E-state index contributed by atoms with van der Waals surface area (Å²) in [4.78, 5) is 11.9. The minimum Gasteiger partial charge on any atom is -0.439 e. The van der Waals surface area contributed by atoms with Crippen LogP contribution >= 0.6 is 11.6 Å². The first-order valence-corrected chi connectivity index (χ1v) is 7.36. The van der Waals surface area contributed by atoms with E-state index in [1.807, 2.05) is 30.3 Å². The van der Waals surface area contributed by atoms with E-state index >= 15 is 0 Å². The molecule has 0 spiro atoms. The molecule has 1 amide bonds. The predicted molar refractivity (Wildman–Crippen MR) is 85.6 cm³/mol. The Morgan fingerprint density at radius 2 is 1.82 bits per heavy atom. The van der Waals surface area contributed by atoms with Gasteiger partial charge in [-0.05, 0) is 18.6 Å². The van der Waals surface area contributed by atoms with Crippen molar-refractivity contribution in [2.45, 2.75) is 25.7 Å². The van der Waals surface area contributed by atoms with Crippen LogP contribution in [-0.4, -0.2) is 17.3 Å². The van der Waals surface area contributed by atoms with E-state index in [4.69, 9.17) is 16.3 Å². The zero-order valence-corrected chi connectivity index (χ0v) is 13.0. The van der Waals surface area contributed by atoms with Crippen LogP contribution in [0, 0.1) is 0 Å². The summed E-state index contributed by atoms with van der Waals surface area (Å²) in [7, 11) is 0. The quantitative estimate of drug-likeness (QED) is 0.883. The number of halogens is 1. The van der Waals surface area contributed by atoms with Gasteiger partial charge in [-0.2, -0.15) is 0 Å². The highest BCUT2D eigenvalue weighted by molar-refractivity contribution is 6.31. The molecule has 5 heteroatoms. The number of amides is 1. The Bertz CT molecular complexity index is 616. The average Bonchev–Trinajstić information content (AvgIpc) is 2.52. The second-order valence-electron chi connectivity index (χ2n) is 4.93. The van der Waals surface area contributed by atoms with Gasteiger partial charge >= 0.3 is 6.09 Å². The lowest BCUT2D eigenvalue weighted by molar-refractivity contribution is 0.0106. The third-order valence-corrected chi connectivity index (χ3v) is 3.51. The monoisotopic (exact) mass is 319 g/mol. The fraction of sp³-hybridized carbons (Fsp3) is 0.235. The number of benzene rings is 2. The van der Waals surface area contributed by atoms with Crippen LogP contribution < -0.4 is 5.32 Å². The Balaban J connectivity index is 1.99. The Morgan fingerprint density at radius 3 is 2.45 bits per heavy atom. The van der Waals surface area contributed by atoms with Gasteiger partial charge in [-0.3, -0.25) is 0 Å². The van der Waals surface area contributed by atoms with Crippen molar-refractivity contribution in [2.24, 2.45) is 0 Å². The summed E-state index contributed by atoms with van der Waals surface area (Å²) in [6, 6.07) is 16.5. The van der Waals surface area contributed by atoms with Crippen LogP contribution in [0.5, 0.6) is 0 Å². The fourth-order valence-electron chi connectivity index (χ4n) is 2.05. The molecule has 0 bridgehead atoms. The normalized spacial score (nSPS) is 13.2. The van der Waals surface area contributed by atoms with Gasteiger partial charge in [0.15, 0.2) is 6.10 Å². The van der Waals surface area contributed by atoms with E-state index in [0.717, 1.165) is 5.56 Å².